The summed E-state index contributed by atoms with van der Waals surface area (Å²) in [6, 6.07) is 0. The number of anilines is 1. The first-order valence-corrected chi connectivity index (χ1v) is 5.55. The Morgan fingerprint density at radius 2 is 2.27 bits per heavy atom. The molecule has 0 aliphatic heterocycles. The van der Waals surface area contributed by atoms with Crippen LogP contribution in [0.15, 0.2) is 0 Å². The maximum absolute atomic E-state index is 10.9. The number of rotatable bonds is 5. The lowest BCUT2D eigenvalue weighted by Crippen LogP contribution is -2.27. The van der Waals surface area contributed by atoms with Gasteiger partial charge in [-0.15, -0.1) is 0 Å². The van der Waals surface area contributed by atoms with Gasteiger partial charge in [0.2, 0.25) is 5.13 Å². The largest absolute Gasteiger partial charge is 0.481 e. The Kier molecular flexibility index (Phi) is 4.02. The third kappa shape index (κ3) is 3.47. The molecule has 0 aromatic carbocycles. The van der Waals surface area contributed by atoms with Crippen molar-refractivity contribution in [2.24, 2.45) is 11.8 Å². The minimum Gasteiger partial charge on any atom is -0.481 e. The molecule has 84 valence electrons. The van der Waals surface area contributed by atoms with Crippen LogP contribution in [0.5, 0.6) is 0 Å². The van der Waals surface area contributed by atoms with Crippen LogP contribution in [-0.4, -0.2) is 27.0 Å². The number of hydrogen-bond donors (Lipinski definition) is 2. The summed E-state index contributed by atoms with van der Waals surface area (Å²) in [4.78, 5) is 15.0. The number of aromatic nitrogens is 2. The van der Waals surface area contributed by atoms with Crippen molar-refractivity contribution in [3.05, 3.63) is 5.82 Å². The van der Waals surface area contributed by atoms with E-state index in [1.165, 1.54) is 11.5 Å². The minimum atomic E-state index is -0.779. The van der Waals surface area contributed by atoms with Gasteiger partial charge in [0.1, 0.15) is 5.82 Å². The molecule has 1 rings (SSSR count). The first-order chi connectivity index (χ1) is 7.00. The highest BCUT2D eigenvalue weighted by Crippen LogP contribution is 2.15. The van der Waals surface area contributed by atoms with E-state index in [1.807, 2.05) is 13.8 Å². The number of carboxylic acids is 1. The zero-order valence-electron chi connectivity index (χ0n) is 9.02. The lowest BCUT2D eigenvalue weighted by atomic mass is 9.96. The molecular weight excluding hydrogens is 214 g/mol. The van der Waals surface area contributed by atoms with E-state index in [9.17, 15) is 4.79 Å². The van der Waals surface area contributed by atoms with Crippen LogP contribution >= 0.6 is 11.5 Å². The summed E-state index contributed by atoms with van der Waals surface area (Å²) in [6.07, 6.45) is 0. The minimum absolute atomic E-state index is 0.101. The van der Waals surface area contributed by atoms with E-state index >= 15 is 0 Å². The van der Waals surface area contributed by atoms with Crippen molar-refractivity contribution in [2.45, 2.75) is 20.8 Å². The van der Waals surface area contributed by atoms with E-state index in [4.69, 9.17) is 5.11 Å². The molecule has 1 unspecified atom stereocenters. The molecule has 1 heterocycles. The SMILES string of the molecule is Cc1nsc(NCC(C(=O)O)C(C)C)n1. The van der Waals surface area contributed by atoms with Crippen molar-refractivity contribution in [1.82, 2.24) is 9.36 Å². The Balaban J connectivity index is 2.50. The maximum Gasteiger partial charge on any atom is 0.308 e. The third-order valence-corrected chi connectivity index (χ3v) is 2.89. The van der Waals surface area contributed by atoms with Crippen LogP contribution in [0.3, 0.4) is 0 Å². The zero-order chi connectivity index (χ0) is 11.4. The van der Waals surface area contributed by atoms with Crippen molar-refractivity contribution in [3.63, 3.8) is 0 Å². The Hall–Kier alpha value is -1.17. The summed E-state index contributed by atoms with van der Waals surface area (Å²) in [6.45, 7) is 5.98. The lowest BCUT2D eigenvalue weighted by molar-refractivity contribution is -0.142. The van der Waals surface area contributed by atoms with E-state index < -0.39 is 11.9 Å². The van der Waals surface area contributed by atoms with Crippen molar-refractivity contribution in [3.8, 4) is 0 Å². The fourth-order valence-corrected chi connectivity index (χ4v) is 1.75. The molecule has 0 saturated heterocycles. The second-order valence-corrected chi connectivity index (χ2v) is 4.47. The zero-order valence-corrected chi connectivity index (χ0v) is 9.84. The van der Waals surface area contributed by atoms with Crippen LogP contribution < -0.4 is 5.32 Å². The number of carbonyl (C=O) groups is 1. The monoisotopic (exact) mass is 229 g/mol. The molecule has 0 aliphatic rings. The molecule has 6 heteroatoms. The number of nitrogens with zero attached hydrogens (tertiary/aromatic N) is 2. The fraction of sp³-hybridized carbons (Fsp3) is 0.667. The van der Waals surface area contributed by atoms with E-state index in [2.05, 4.69) is 14.7 Å². The summed E-state index contributed by atoms with van der Waals surface area (Å²) in [7, 11) is 0. The average molecular weight is 229 g/mol. The highest BCUT2D eigenvalue weighted by Gasteiger charge is 2.21. The van der Waals surface area contributed by atoms with Gasteiger partial charge in [0.25, 0.3) is 0 Å². The Morgan fingerprint density at radius 1 is 1.60 bits per heavy atom. The summed E-state index contributed by atoms with van der Waals surface area (Å²) in [5.41, 5.74) is 0. The van der Waals surface area contributed by atoms with Gasteiger partial charge in [-0.25, -0.2) is 4.98 Å². The van der Waals surface area contributed by atoms with Gasteiger partial charge in [-0.05, 0) is 12.8 Å². The highest BCUT2D eigenvalue weighted by atomic mass is 32.1. The first kappa shape index (κ1) is 11.9. The summed E-state index contributed by atoms with van der Waals surface area (Å²) >= 11 is 1.25. The predicted molar refractivity (Wildman–Crippen MR) is 59.1 cm³/mol. The molecule has 15 heavy (non-hydrogen) atoms. The van der Waals surface area contributed by atoms with Gasteiger partial charge in [-0.1, -0.05) is 13.8 Å². The topological polar surface area (TPSA) is 75.1 Å². The van der Waals surface area contributed by atoms with E-state index in [-0.39, 0.29) is 5.92 Å². The maximum atomic E-state index is 10.9. The molecule has 0 fully saturated rings. The van der Waals surface area contributed by atoms with Gasteiger partial charge < -0.3 is 10.4 Å². The number of nitrogens with one attached hydrogen (secondary N) is 1. The molecule has 5 nitrogen and oxygen atoms in total. The predicted octanol–water partition coefficient (Wildman–Crippen LogP) is 1.62. The average Bonchev–Trinajstić information content (AvgIpc) is 2.50. The van der Waals surface area contributed by atoms with Gasteiger partial charge in [0.05, 0.1) is 5.92 Å². The van der Waals surface area contributed by atoms with Gasteiger partial charge >= 0.3 is 5.97 Å². The number of carboxylic acid groups (broad SMARTS) is 1. The van der Waals surface area contributed by atoms with Crippen molar-refractivity contribution in [1.29, 1.82) is 0 Å². The third-order valence-electron chi connectivity index (χ3n) is 2.12. The van der Waals surface area contributed by atoms with E-state index in [1.54, 1.807) is 6.92 Å². The van der Waals surface area contributed by atoms with Crippen molar-refractivity contribution in [2.75, 3.05) is 11.9 Å². The second kappa shape index (κ2) is 5.06. The number of hydrogen-bond acceptors (Lipinski definition) is 5. The van der Waals surface area contributed by atoms with Crippen molar-refractivity contribution < 1.29 is 9.90 Å². The Morgan fingerprint density at radius 3 is 2.67 bits per heavy atom. The molecule has 1 aromatic rings. The van der Waals surface area contributed by atoms with Gasteiger partial charge in [-0.2, -0.15) is 4.37 Å². The van der Waals surface area contributed by atoms with Gasteiger partial charge in [0, 0.05) is 18.1 Å². The quantitative estimate of drug-likeness (QED) is 0.802. The first-order valence-electron chi connectivity index (χ1n) is 4.77. The Bertz CT molecular complexity index is 338. The highest BCUT2D eigenvalue weighted by molar-refractivity contribution is 7.09. The van der Waals surface area contributed by atoms with Gasteiger partial charge in [-0.3, -0.25) is 4.79 Å². The number of aliphatic carboxylic acids is 1. The molecule has 0 bridgehead atoms. The second-order valence-electron chi connectivity index (χ2n) is 3.72. The Labute approximate surface area is 92.7 Å². The molecule has 1 atom stereocenters. The van der Waals surface area contributed by atoms with Crippen LogP contribution in [0.1, 0.15) is 19.7 Å². The molecule has 2 N–H and O–H groups in total. The molecule has 1 aromatic heterocycles. The van der Waals surface area contributed by atoms with Crippen LogP contribution in [0, 0.1) is 18.8 Å². The molecule has 0 aliphatic carbocycles. The number of aryl methyl sites for hydroxylation is 1. The fourth-order valence-electron chi connectivity index (χ4n) is 1.17. The van der Waals surface area contributed by atoms with E-state index in [0.29, 0.717) is 17.5 Å². The van der Waals surface area contributed by atoms with Crippen LogP contribution in [0.4, 0.5) is 5.13 Å². The summed E-state index contributed by atoms with van der Waals surface area (Å²) < 4.78 is 4.00. The van der Waals surface area contributed by atoms with Crippen LogP contribution in [0.25, 0.3) is 0 Å². The molecular formula is C9H15N3O2S. The van der Waals surface area contributed by atoms with Crippen LogP contribution in [0.2, 0.25) is 0 Å². The smallest absolute Gasteiger partial charge is 0.308 e. The normalized spacial score (nSPS) is 12.8. The summed E-state index contributed by atoms with van der Waals surface area (Å²) in [5, 5.41) is 12.6. The molecule has 0 saturated carbocycles. The molecule has 0 spiro atoms. The van der Waals surface area contributed by atoms with Gasteiger partial charge in [0.15, 0.2) is 0 Å². The summed E-state index contributed by atoms with van der Waals surface area (Å²) in [5.74, 6) is -0.365. The van der Waals surface area contributed by atoms with Crippen molar-refractivity contribution >= 4 is 22.6 Å². The standard InChI is InChI=1S/C9H15N3O2S/c1-5(2)7(8(13)14)4-10-9-11-6(3)12-15-9/h5,7H,4H2,1-3H3,(H,13,14)(H,10,11,12). The molecule has 0 radical (unpaired) electrons. The van der Waals surface area contributed by atoms with E-state index in [0.717, 1.165) is 0 Å². The lowest BCUT2D eigenvalue weighted by Gasteiger charge is -2.15. The molecule has 0 amide bonds. The van der Waals surface area contributed by atoms with Crippen LogP contribution in [-0.2, 0) is 4.79 Å².